The van der Waals surface area contributed by atoms with Crippen LogP contribution in [0.4, 0.5) is 5.69 Å². The van der Waals surface area contributed by atoms with Crippen LogP contribution in [-0.2, 0) is 6.42 Å². The summed E-state index contributed by atoms with van der Waals surface area (Å²) in [5.74, 6) is 2.41. The van der Waals surface area contributed by atoms with Crippen LogP contribution in [0.15, 0.2) is 30.3 Å². The van der Waals surface area contributed by atoms with Gasteiger partial charge in [0.25, 0.3) is 5.91 Å². The molecule has 1 aromatic heterocycles. The molecule has 5 heteroatoms. The number of carbonyl (C=O) groups is 1. The third kappa shape index (κ3) is 3.53. The molecule has 0 unspecified atom stereocenters. The van der Waals surface area contributed by atoms with Gasteiger partial charge in [-0.05, 0) is 42.7 Å². The van der Waals surface area contributed by atoms with Crippen LogP contribution in [-0.4, -0.2) is 17.4 Å². The third-order valence-electron chi connectivity index (χ3n) is 3.60. The first-order chi connectivity index (χ1) is 10.7. The highest BCUT2D eigenvalue weighted by atomic mass is 32.2. The summed E-state index contributed by atoms with van der Waals surface area (Å²) < 4.78 is 0.507. The second-order valence-electron chi connectivity index (χ2n) is 5.22. The van der Waals surface area contributed by atoms with Gasteiger partial charge in [0.15, 0.2) is 0 Å². The van der Waals surface area contributed by atoms with E-state index in [0.717, 1.165) is 17.0 Å². The molecule has 22 heavy (non-hydrogen) atoms. The molecule has 0 spiro atoms. The molecule has 2 nitrogen and oxygen atoms in total. The Bertz CT molecular complexity index is 674. The van der Waals surface area contributed by atoms with Crippen LogP contribution in [0.25, 0.3) is 0 Å². The topological polar surface area (TPSA) is 29.1 Å². The molecule has 0 saturated carbocycles. The Kier molecular flexibility index (Phi) is 5.16. The molecule has 0 atom stereocenters. The molecule has 1 N–H and O–H groups in total. The molecule has 0 aliphatic carbocycles. The lowest BCUT2D eigenvalue weighted by atomic mass is 10.2. The molecule has 1 aliphatic heterocycles. The Balaban J connectivity index is 1.74. The summed E-state index contributed by atoms with van der Waals surface area (Å²) in [5.41, 5.74) is 3.40. The fourth-order valence-electron chi connectivity index (χ4n) is 2.49. The predicted octanol–water partition coefficient (Wildman–Crippen LogP) is 5.35. The first-order valence-electron chi connectivity index (χ1n) is 7.41. The minimum atomic E-state index is -0.00308. The van der Waals surface area contributed by atoms with Crippen molar-refractivity contribution in [1.82, 2.24) is 0 Å². The average Bonchev–Trinajstić information content (AvgIpc) is 3.16. The fraction of sp³-hybridized carbons (Fsp3) is 0.353. The highest BCUT2D eigenvalue weighted by molar-refractivity contribution is 8.19. The van der Waals surface area contributed by atoms with Crippen molar-refractivity contribution in [2.45, 2.75) is 24.9 Å². The van der Waals surface area contributed by atoms with Crippen molar-refractivity contribution in [1.29, 1.82) is 0 Å². The SMILES string of the molecule is CCc1sc(C(=O)Nc2cccc(C3SCCS3)c2)cc1C. The summed E-state index contributed by atoms with van der Waals surface area (Å²) in [6.07, 6.45) is 0.982. The number of hydrogen-bond acceptors (Lipinski definition) is 4. The zero-order chi connectivity index (χ0) is 15.5. The van der Waals surface area contributed by atoms with Crippen LogP contribution < -0.4 is 5.32 Å². The second kappa shape index (κ2) is 7.11. The number of aryl methyl sites for hydroxylation is 2. The number of hydrogen-bond donors (Lipinski definition) is 1. The number of carbonyl (C=O) groups excluding carboxylic acids is 1. The average molecular weight is 350 g/mol. The Morgan fingerprint density at radius 2 is 2.05 bits per heavy atom. The smallest absolute Gasteiger partial charge is 0.265 e. The van der Waals surface area contributed by atoms with Crippen LogP contribution in [0.2, 0.25) is 0 Å². The van der Waals surface area contributed by atoms with Gasteiger partial charge in [-0.2, -0.15) is 0 Å². The molecule has 0 bridgehead atoms. The van der Waals surface area contributed by atoms with Gasteiger partial charge in [-0.3, -0.25) is 4.79 Å². The lowest BCUT2D eigenvalue weighted by Gasteiger charge is -2.10. The third-order valence-corrected chi connectivity index (χ3v) is 8.09. The van der Waals surface area contributed by atoms with Crippen molar-refractivity contribution in [3.63, 3.8) is 0 Å². The second-order valence-corrected chi connectivity index (χ2v) is 9.08. The van der Waals surface area contributed by atoms with Gasteiger partial charge in [0.2, 0.25) is 0 Å². The van der Waals surface area contributed by atoms with Crippen molar-refractivity contribution in [3.05, 3.63) is 51.2 Å². The molecule has 3 rings (SSSR count). The highest BCUT2D eigenvalue weighted by Gasteiger charge is 2.19. The molecule has 116 valence electrons. The highest BCUT2D eigenvalue weighted by Crippen LogP contribution is 2.45. The van der Waals surface area contributed by atoms with Gasteiger partial charge in [-0.25, -0.2) is 0 Å². The number of nitrogens with one attached hydrogen (secondary N) is 1. The number of benzene rings is 1. The first-order valence-corrected chi connectivity index (χ1v) is 10.3. The van der Waals surface area contributed by atoms with Gasteiger partial charge >= 0.3 is 0 Å². The predicted molar refractivity (Wildman–Crippen MR) is 100 cm³/mol. The number of anilines is 1. The van der Waals surface area contributed by atoms with Gasteiger partial charge in [-0.1, -0.05) is 19.1 Å². The summed E-state index contributed by atoms with van der Waals surface area (Å²) in [6.45, 7) is 4.20. The molecule has 1 fully saturated rings. The number of thioether (sulfide) groups is 2. The number of thiophene rings is 1. The summed E-state index contributed by atoms with van der Waals surface area (Å²) in [6, 6.07) is 10.2. The molecule has 1 saturated heterocycles. The van der Waals surface area contributed by atoms with E-state index in [1.165, 1.54) is 27.5 Å². The van der Waals surface area contributed by atoms with E-state index in [4.69, 9.17) is 0 Å². The molecule has 2 heterocycles. The van der Waals surface area contributed by atoms with Gasteiger partial charge in [0.1, 0.15) is 0 Å². The minimum absolute atomic E-state index is 0.00308. The van der Waals surface area contributed by atoms with E-state index >= 15 is 0 Å². The molecule has 1 aromatic carbocycles. The maximum absolute atomic E-state index is 12.4. The Labute approximate surface area is 144 Å². The van der Waals surface area contributed by atoms with E-state index in [0.29, 0.717) is 4.58 Å². The van der Waals surface area contributed by atoms with Gasteiger partial charge in [0, 0.05) is 22.1 Å². The minimum Gasteiger partial charge on any atom is -0.321 e. The molecule has 1 amide bonds. The van der Waals surface area contributed by atoms with Crippen molar-refractivity contribution in [3.8, 4) is 0 Å². The molecular weight excluding hydrogens is 330 g/mol. The van der Waals surface area contributed by atoms with Gasteiger partial charge < -0.3 is 5.32 Å². The largest absolute Gasteiger partial charge is 0.321 e. The fourth-order valence-corrected chi connectivity index (χ4v) is 6.34. The lowest BCUT2D eigenvalue weighted by Crippen LogP contribution is -2.10. The van der Waals surface area contributed by atoms with Crippen molar-refractivity contribution < 1.29 is 4.79 Å². The number of rotatable bonds is 4. The molecule has 0 radical (unpaired) electrons. The Morgan fingerprint density at radius 3 is 2.73 bits per heavy atom. The van der Waals surface area contributed by atoms with Crippen LogP contribution in [0.1, 0.15) is 37.2 Å². The van der Waals surface area contributed by atoms with Crippen LogP contribution >= 0.6 is 34.9 Å². The van der Waals surface area contributed by atoms with Crippen LogP contribution in [0.3, 0.4) is 0 Å². The number of amides is 1. The molecule has 2 aromatic rings. The van der Waals surface area contributed by atoms with Gasteiger partial charge in [0.05, 0.1) is 9.46 Å². The Morgan fingerprint density at radius 1 is 1.27 bits per heavy atom. The van der Waals surface area contributed by atoms with E-state index in [1.54, 1.807) is 11.3 Å². The summed E-state index contributed by atoms with van der Waals surface area (Å²) in [4.78, 5) is 14.5. The summed E-state index contributed by atoms with van der Waals surface area (Å²) >= 11 is 5.56. The quantitative estimate of drug-likeness (QED) is 0.807. The first kappa shape index (κ1) is 16.0. The summed E-state index contributed by atoms with van der Waals surface area (Å²) in [7, 11) is 0. The van der Waals surface area contributed by atoms with Crippen LogP contribution in [0, 0.1) is 6.92 Å². The van der Waals surface area contributed by atoms with Crippen molar-refractivity contribution in [2.24, 2.45) is 0 Å². The lowest BCUT2D eigenvalue weighted by molar-refractivity contribution is 0.103. The van der Waals surface area contributed by atoms with E-state index in [2.05, 4.69) is 31.3 Å². The molecule has 1 aliphatic rings. The standard InChI is InChI=1S/C17H19NOS3/c1-3-14-11(2)9-15(22-14)16(19)18-13-6-4-5-12(10-13)17-20-7-8-21-17/h4-6,9-10,17H,3,7-8H2,1-2H3,(H,18,19). The van der Waals surface area contributed by atoms with E-state index in [-0.39, 0.29) is 5.91 Å². The van der Waals surface area contributed by atoms with E-state index in [9.17, 15) is 4.79 Å². The van der Waals surface area contributed by atoms with Crippen LogP contribution in [0.5, 0.6) is 0 Å². The zero-order valence-corrected chi connectivity index (χ0v) is 15.2. The monoisotopic (exact) mass is 349 g/mol. The maximum Gasteiger partial charge on any atom is 0.265 e. The van der Waals surface area contributed by atoms with Gasteiger partial charge in [-0.15, -0.1) is 34.9 Å². The van der Waals surface area contributed by atoms with E-state index < -0.39 is 0 Å². The Hall–Kier alpha value is -0.910. The van der Waals surface area contributed by atoms with Crippen molar-refractivity contribution in [2.75, 3.05) is 16.8 Å². The van der Waals surface area contributed by atoms with E-state index in [1.807, 2.05) is 41.7 Å². The molecular formula is C17H19NOS3. The summed E-state index contributed by atoms with van der Waals surface area (Å²) in [5, 5.41) is 3.04. The normalized spacial score (nSPS) is 15.2. The maximum atomic E-state index is 12.4. The zero-order valence-electron chi connectivity index (χ0n) is 12.7. The van der Waals surface area contributed by atoms with Crippen molar-refractivity contribution >= 4 is 46.5 Å².